The number of nitrogen functional groups attached to an aromatic ring is 2. The number of fused-ring (bicyclic) bond motifs is 1. The Morgan fingerprint density at radius 3 is 1.04 bits per heavy atom. The highest BCUT2D eigenvalue weighted by molar-refractivity contribution is 7.20. The monoisotopic (exact) mass is 664 g/mol. The third-order valence-electron chi connectivity index (χ3n) is 7.97. The molecule has 6 nitrogen and oxygen atoms in total. The molecular weight excluding hydrogens is 637 g/mol. The molecule has 0 spiro atoms. The predicted octanol–water partition coefficient (Wildman–Crippen LogP) is 11.3. The molecule has 0 aliphatic heterocycles. The third-order valence-corrected chi connectivity index (χ3v) is 10.7. The van der Waals surface area contributed by atoms with Gasteiger partial charge in [0.15, 0.2) is 0 Å². The van der Waals surface area contributed by atoms with Crippen molar-refractivity contribution in [2.75, 3.05) is 21.3 Å². The standard InChI is InChI=1S/C38H28N6S3/c39-35-33(29-21-23-31(45-29)43(25-13-5-1-6-14-25)26-15-7-2-8-16-26)37-38(42-47-41-37)34(36(35)40)30-22-24-32(46-30)44(27-17-9-3-10-18-27)28-19-11-4-12-20-28/h1-24H,39-40H2. The van der Waals surface area contributed by atoms with Crippen LogP contribution in [0.1, 0.15) is 0 Å². The number of rotatable bonds is 8. The van der Waals surface area contributed by atoms with E-state index in [-0.39, 0.29) is 0 Å². The largest absolute Gasteiger partial charge is 0.396 e. The lowest BCUT2D eigenvalue weighted by molar-refractivity contribution is 1.32. The normalized spacial score (nSPS) is 11.1. The van der Waals surface area contributed by atoms with Crippen molar-refractivity contribution in [2.45, 2.75) is 0 Å². The fourth-order valence-corrected chi connectivity index (χ4v) is 8.60. The lowest BCUT2D eigenvalue weighted by Gasteiger charge is -2.23. The predicted molar refractivity (Wildman–Crippen MR) is 202 cm³/mol. The first-order valence-corrected chi connectivity index (χ1v) is 17.4. The quantitative estimate of drug-likeness (QED) is 0.157. The van der Waals surface area contributed by atoms with E-state index in [0.717, 1.165) is 64.7 Å². The molecule has 0 unspecified atom stereocenters. The summed E-state index contributed by atoms with van der Waals surface area (Å²) in [7, 11) is 0. The summed E-state index contributed by atoms with van der Waals surface area (Å²) in [5.41, 5.74) is 22.3. The maximum absolute atomic E-state index is 6.93. The summed E-state index contributed by atoms with van der Waals surface area (Å²) in [4.78, 5) is 6.46. The van der Waals surface area contributed by atoms with Crippen molar-refractivity contribution in [3.05, 3.63) is 146 Å². The summed E-state index contributed by atoms with van der Waals surface area (Å²) < 4.78 is 9.55. The average Bonchev–Trinajstić information content (AvgIpc) is 3.91. The second-order valence-electron chi connectivity index (χ2n) is 10.8. The number of aromatic nitrogens is 2. The number of thiophene rings is 2. The number of hydrogen-bond acceptors (Lipinski definition) is 9. The van der Waals surface area contributed by atoms with Gasteiger partial charge in [-0.3, -0.25) is 0 Å². The minimum absolute atomic E-state index is 0.512. The van der Waals surface area contributed by atoms with E-state index in [1.54, 1.807) is 22.7 Å². The zero-order valence-corrected chi connectivity index (χ0v) is 27.5. The van der Waals surface area contributed by atoms with Gasteiger partial charge in [-0.05, 0) is 72.8 Å². The summed E-state index contributed by atoms with van der Waals surface area (Å²) in [6.45, 7) is 0. The molecule has 5 aromatic carbocycles. The molecule has 0 atom stereocenters. The van der Waals surface area contributed by atoms with Crippen molar-refractivity contribution >= 4 is 89.6 Å². The Morgan fingerprint density at radius 2 is 0.723 bits per heavy atom. The summed E-state index contributed by atoms with van der Waals surface area (Å²) >= 11 is 4.48. The number of hydrogen-bond donors (Lipinski definition) is 2. The van der Waals surface area contributed by atoms with Gasteiger partial charge in [-0.1, -0.05) is 72.8 Å². The Labute approximate surface area is 284 Å². The third kappa shape index (κ3) is 5.30. The highest BCUT2D eigenvalue weighted by atomic mass is 32.1. The second kappa shape index (κ2) is 12.4. The van der Waals surface area contributed by atoms with E-state index in [4.69, 9.17) is 20.2 Å². The van der Waals surface area contributed by atoms with Crippen molar-refractivity contribution in [1.82, 2.24) is 8.75 Å². The molecule has 0 amide bonds. The summed E-state index contributed by atoms with van der Waals surface area (Å²) in [6, 6.07) is 49.9. The van der Waals surface area contributed by atoms with Gasteiger partial charge in [0, 0.05) is 43.6 Å². The summed E-state index contributed by atoms with van der Waals surface area (Å²) in [5.74, 6) is 0. The topological polar surface area (TPSA) is 84.3 Å². The van der Waals surface area contributed by atoms with Gasteiger partial charge in [0.1, 0.15) is 21.0 Å². The van der Waals surface area contributed by atoms with Crippen molar-refractivity contribution in [3.63, 3.8) is 0 Å². The molecule has 47 heavy (non-hydrogen) atoms. The van der Waals surface area contributed by atoms with Crippen LogP contribution in [-0.4, -0.2) is 8.75 Å². The Balaban J connectivity index is 1.22. The fraction of sp³-hybridized carbons (Fsp3) is 0. The summed E-state index contributed by atoms with van der Waals surface area (Å²) in [6.07, 6.45) is 0. The van der Waals surface area contributed by atoms with Gasteiger partial charge >= 0.3 is 0 Å². The van der Waals surface area contributed by atoms with E-state index in [0.29, 0.717) is 11.4 Å². The van der Waals surface area contributed by atoms with Gasteiger partial charge in [-0.2, -0.15) is 8.75 Å². The maximum Gasteiger partial charge on any atom is 0.116 e. The van der Waals surface area contributed by atoms with Crippen LogP contribution in [0.5, 0.6) is 0 Å². The van der Waals surface area contributed by atoms with Crippen LogP contribution in [0.4, 0.5) is 44.1 Å². The van der Waals surface area contributed by atoms with Gasteiger partial charge in [0.25, 0.3) is 0 Å². The first-order valence-electron chi connectivity index (χ1n) is 15.0. The molecular formula is C38H28N6S3. The van der Waals surface area contributed by atoms with E-state index >= 15 is 0 Å². The zero-order valence-electron chi connectivity index (χ0n) is 25.0. The second-order valence-corrected chi connectivity index (χ2v) is 13.5. The highest BCUT2D eigenvalue weighted by Crippen LogP contribution is 2.51. The molecule has 9 heteroatoms. The van der Waals surface area contributed by atoms with Crippen LogP contribution in [-0.2, 0) is 0 Å². The van der Waals surface area contributed by atoms with E-state index in [2.05, 4.69) is 131 Å². The van der Waals surface area contributed by atoms with Crippen LogP contribution < -0.4 is 21.3 Å². The fourth-order valence-electron chi connectivity index (χ4n) is 5.82. The molecule has 0 radical (unpaired) electrons. The molecule has 0 saturated heterocycles. The van der Waals surface area contributed by atoms with Crippen LogP contribution in [0.15, 0.2) is 146 Å². The van der Waals surface area contributed by atoms with Crippen LogP contribution >= 0.6 is 34.4 Å². The maximum atomic E-state index is 6.93. The molecule has 0 aliphatic carbocycles. The molecule has 0 fully saturated rings. The van der Waals surface area contributed by atoms with Crippen LogP contribution in [0.3, 0.4) is 0 Å². The van der Waals surface area contributed by atoms with Crippen LogP contribution in [0.2, 0.25) is 0 Å². The number of benzene rings is 5. The molecule has 8 rings (SSSR count). The van der Waals surface area contributed by atoms with Crippen molar-refractivity contribution in [3.8, 4) is 20.9 Å². The minimum Gasteiger partial charge on any atom is -0.396 e. The van der Waals surface area contributed by atoms with E-state index in [1.807, 2.05) is 24.3 Å². The van der Waals surface area contributed by atoms with Gasteiger partial charge in [-0.15, -0.1) is 22.7 Å². The lowest BCUT2D eigenvalue weighted by atomic mass is 10.0. The van der Waals surface area contributed by atoms with E-state index < -0.39 is 0 Å². The minimum atomic E-state index is 0.512. The van der Waals surface area contributed by atoms with Crippen molar-refractivity contribution in [1.29, 1.82) is 0 Å². The smallest absolute Gasteiger partial charge is 0.116 e. The number of nitrogens with zero attached hydrogens (tertiary/aromatic N) is 4. The first-order chi connectivity index (χ1) is 23.2. The Hall–Kier alpha value is -5.48. The average molecular weight is 665 g/mol. The van der Waals surface area contributed by atoms with E-state index in [9.17, 15) is 0 Å². The molecule has 0 aliphatic rings. The van der Waals surface area contributed by atoms with Gasteiger partial charge in [0.2, 0.25) is 0 Å². The molecule has 3 aromatic heterocycles. The van der Waals surface area contributed by atoms with Crippen molar-refractivity contribution in [2.24, 2.45) is 0 Å². The van der Waals surface area contributed by atoms with Gasteiger partial charge in [0.05, 0.1) is 23.1 Å². The molecule has 228 valence electrons. The van der Waals surface area contributed by atoms with Crippen LogP contribution in [0, 0.1) is 0 Å². The Morgan fingerprint density at radius 1 is 0.404 bits per heavy atom. The first kappa shape index (κ1) is 29.0. The molecule has 0 bridgehead atoms. The highest BCUT2D eigenvalue weighted by Gasteiger charge is 2.25. The van der Waals surface area contributed by atoms with E-state index in [1.165, 1.54) is 11.7 Å². The molecule has 3 heterocycles. The SMILES string of the molecule is Nc1c(N)c(-c2ccc(N(c3ccccc3)c3ccccc3)s2)c2nsnc2c1-c1ccc(N(c2ccccc2)c2ccccc2)s1. The van der Waals surface area contributed by atoms with Crippen LogP contribution in [0.25, 0.3) is 31.9 Å². The van der Waals surface area contributed by atoms with Gasteiger partial charge in [-0.25, -0.2) is 0 Å². The van der Waals surface area contributed by atoms with Crippen molar-refractivity contribution < 1.29 is 0 Å². The number of nitrogens with two attached hydrogens (primary N) is 2. The number of para-hydroxylation sites is 4. The summed E-state index contributed by atoms with van der Waals surface area (Å²) in [5, 5.41) is 2.11. The molecule has 8 aromatic rings. The lowest BCUT2D eigenvalue weighted by Crippen LogP contribution is -2.07. The zero-order chi connectivity index (χ0) is 31.7. The Bertz CT molecular complexity index is 2040. The number of anilines is 8. The Kier molecular flexibility index (Phi) is 7.62. The molecule has 4 N–H and O–H groups in total. The molecule has 0 saturated carbocycles. The van der Waals surface area contributed by atoms with Gasteiger partial charge < -0.3 is 21.3 Å².